The Balaban J connectivity index is 1.70. The average Bonchev–Trinajstić information content (AvgIpc) is 2.97. The van der Waals surface area contributed by atoms with Crippen LogP contribution in [0, 0.1) is 19.7 Å². The number of carbonyl (C=O) groups excluding carboxylic acids is 1. The van der Waals surface area contributed by atoms with Crippen molar-refractivity contribution in [3.05, 3.63) is 65.4 Å². The molecule has 1 atom stereocenters. The van der Waals surface area contributed by atoms with E-state index in [2.05, 4.69) is 15.3 Å². The molecule has 0 bridgehead atoms. The van der Waals surface area contributed by atoms with Gasteiger partial charge in [0.05, 0.1) is 11.7 Å². The predicted octanol–water partition coefficient (Wildman–Crippen LogP) is 3.47. The van der Waals surface area contributed by atoms with Gasteiger partial charge in [0, 0.05) is 17.5 Å². The SMILES string of the molecule is Cc1cc(-c2nc(C)c(NC(=O)C(N)Cc3ccc(F)cc3)s2)ccn1. The number of nitrogens with two attached hydrogens (primary N) is 1. The molecular formula is C19H19FN4OS. The van der Waals surface area contributed by atoms with E-state index >= 15 is 0 Å². The van der Waals surface area contributed by atoms with E-state index < -0.39 is 6.04 Å². The van der Waals surface area contributed by atoms with E-state index in [1.807, 2.05) is 26.0 Å². The molecule has 2 aromatic heterocycles. The van der Waals surface area contributed by atoms with Gasteiger partial charge in [-0.3, -0.25) is 9.78 Å². The Bertz CT molecular complexity index is 924. The number of anilines is 1. The third-order valence-electron chi connectivity index (χ3n) is 3.88. The van der Waals surface area contributed by atoms with E-state index in [-0.39, 0.29) is 11.7 Å². The van der Waals surface area contributed by atoms with Gasteiger partial charge in [-0.1, -0.05) is 23.5 Å². The first-order valence-electron chi connectivity index (χ1n) is 8.13. The number of halogens is 1. The highest BCUT2D eigenvalue weighted by molar-refractivity contribution is 7.19. The van der Waals surface area contributed by atoms with Crippen LogP contribution in [0.2, 0.25) is 0 Å². The van der Waals surface area contributed by atoms with Gasteiger partial charge in [-0.2, -0.15) is 0 Å². The molecule has 0 radical (unpaired) electrons. The first-order valence-corrected chi connectivity index (χ1v) is 8.95. The van der Waals surface area contributed by atoms with Gasteiger partial charge >= 0.3 is 0 Å². The van der Waals surface area contributed by atoms with Crippen molar-refractivity contribution >= 4 is 22.2 Å². The largest absolute Gasteiger partial charge is 0.320 e. The van der Waals surface area contributed by atoms with E-state index in [1.54, 1.807) is 18.3 Å². The average molecular weight is 370 g/mol. The number of pyridine rings is 1. The Morgan fingerprint density at radius 2 is 2.00 bits per heavy atom. The summed E-state index contributed by atoms with van der Waals surface area (Å²) >= 11 is 1.40. The molecule has 0 fully saturated rings. The Kier molecular flexibility index (Phi) is 5.39. The number of hydrogen-bond donors (Lipinski definition) is 2. The van der Waals surface area contributed by atoms with Gasteiger partial charge in [0.25, 0.3) is 0 Å². The fraction of sp³-hybridized carbons (Fsp3) is 0.211. The maximum atomic E-state index is 13.0. The van der Waals surface area contributed by atoms with Crippen LogP contribution in [0.25, 0.3) is 10.6 Å². The van der Waals surface area contributed by atoms with Gasteiger partial charge in [-0.05, 0) is 50.1 Å². The minimum absolute atomic E-state index is 0.293. The number of rotatable bonds is 5. The zero-order chi connectivity index (χ0) is 18.7. The summed E-state index contributed by atoms with van der Waals surface area (Å²) in [4.78, 5) is 21.1. The molecule has 0 aliphatic heterocycles. The number of amides is 1. The molecule has 3 aromatic rings. The fourth-order valence-electron chi connectivity index (χ4n) is 2.49. The molecular weight excluding hydrogens is 351 g/mol. The predicted molar refractivity (Wildman–Crippen MR) is 102 cm³/mol. The molecule has 26 heavy (non-hydrogen) atoms. The maximum absolute atomic E-state index is 13.0. The van der Waals surface area contributed by atoms with Crippen molar-refractivity contribution in [1.82, 2.24) is 9.97 Å². The molecule has 3 rings (SSSR count). The number of benzene rings is 1. The molecule has 0 aliphatic rings. The van der Waals surface area contributed by atoms with Crippen molar-refractivity contribution in [1.29, 1.82) is 0 Å². The van der Waals surface area contributed by atoms with Gasteiger partial charge in [0.2, 0.25) is 5.91 Å². The fourth-order valence-corrected chi connectivity index (χ4v) is 3.45. The van der Waals surface area contributed by atoms with Crippen LogP contribution in [-0.4, -0.2) is 21.9 Å². The summed E-state index contributed by atoms with van der Waals surface area (Å²) in [6.07, 6.45) is 2.07. The van der Waals surface area contributed by atoms with Crippen LogP contribution in [0.5, 0.6) is 0 Å². The lowest BCUT2D eigenvalue weighted by atomic mass is 10.1. The molecule has 0 spiro atoms. The molecule has 2 heterocycles. The third-order valence-corrected chi connectivity index (χ3v) is 5.00. The van der Waals surface area contributed by atoms with Gasteiger partial charge < -0.3 is 11.1 Å². The molecule has 1 aromatic carbocycles. The van der Waals surface area contributed by atoms with Crippen LogP contribution < -0.4 is 11.1 Å². The number of hydrogen-bond acceptors (Lipinski definition) is 5. The third kappa shape index (κ3) is 4.30. The quantitative estimate of drug-likeness (QED) is 0.721. The highest BCUT2D eigenvalue weighted by Crippen LogP contribution is 2.31. The van der Waals surface area contributed by atoms with Crippen molar-refractivity contribution in [3.63, 3.8) is 0 Å². The molecule has 3 N–H and O–H groups in total. The molecule has 1 amide bonds. The summed E-state index contributed by atoms with van der Waals surface area (Å²) in [5.74, 6) is -0.607. The van der Waals surface area contributed by atoms with Crippen molar-refractivity contribution < 1.29 is 9.18 Å². The van der Waals surface area contributed by atoms with Crippen LogP contribution in [0.3, 0.4) is 0 Å². The minimum Gasteiger partial charge on any atom is -0.320 e. The highest BCUT2D eigenvalue weighted by Gasteiger charge is 2.18. The maximum Gasteiger partial charge on any atom is 0.242 e. The lowest BCUT2D eigenvalue weighted by molar-refractivity contribution is -0.117. The van der Waals surface area contributed by atoms with Crippen molar-refractivity contribution in [2.24, 2.45) is 5.73 Å². The zero-order valence-electron chi connectivity index (χ0n) is 14.5. The van der Waals surface area contributed by atoms with E-state index in [1.165, 1.54) is 23.5 Å². The normalized spacial score (nSPS) is 12.0. The molecule has 7 heteroatoms. The molecule has 134 valence electrons. The van der Waals surface area contributed by atoms with E-state index in [0.29, 0.717) is 11.4 Å². The second-order valence-electron chi connectivity index (χ2n) is 6.05. The lowest BCUT2D eigenvalue weighted by Gasteiger charge is -2.11. The zero-order valence-corrected chi connectivity index (χ0v) is 15.3. The minimum atomic E-state index is -0.728. The second-order valence-corrected chi connectivity index (χ2v) is 7.04. The van der Waals surface area contributed by atoms with Crippen molar-refractivity contribution in [2.45, 2.75) is 26.3 Å². The highest BCUT2D eigenvalue weighted by atomic mass is 32.1. The molecule has 0 saturated carbocycles. The van der Waals surface area contributed by atoms with Gasteiger partial charge in [-0.25, -0.2) is 9.37 Å². The van der Waals surface area contributed by atoms with Crippen LogP contribution in [0.1, 0.15) is 17.0 Å². The Morgan fingerprint density at radius 1 is 1.27 bits per heavy atom. The Labute approximate surface area is 155 Å². The molecule has 5 nitrogen and oxygen atoms in total. The summed E-state index contributed by atoms with van der Waals surface area (Å²) in [6.45, 7) is 3.76. The van der Waals surface area contributed by atoms with E-state index in [0.717, 1.165) is 27.5 Å². The first kappa shape index (κ1) is 18.2. The standard InChI is InChI=1S/C19H19FN4OS/c1-11-9-14(7-8-22-11)19-23-12(2)18(26-19)24-17(25)16(21)10-13-3-5-15(20)6-4-13/h3-9,16H,10,21H2,1-2H3,(H,24,25). The number of aryl methyl sites for hydroxylation is 2. The summed E-state index contributed by atoms with van der Waals surface area (Å²) in [5, 5.41) is 4.34. The van der Waals surface area contributed by atoms with Crippen LogP contribution in [0.4, 0.5) is 9.39 Å². The van der Waals surface area contributed by atoms with Gasteiger partial charge in [0.15, 0.2) is 0 Å². The Morgan fingerprint density at radius 3 is 2.69 bits per heavy atom. The monoisotopic (exact) mass is 370 g/mol. The van der Waals surface area contributed by atoms with Crippen molar-refractivity contribution in [2.75, 3.05) is 5.32 Å². The van der Waals surface area contributed by atoms with E-state index in [9.17, 15) is 9.18 Å². The lowest BCUT2D eigenvalue weighted by Crippen LogP contribution is -2.37. The first-order chi connectivity index (χ1) is 12.4. The molecule has 0 saturated heterocycles. The summed E-state index contributed by atoms with van der Waals surface area (Å²) in [6, 6.07) is 9.08. The second kappa shape index (κ2) is 7.72. The van der Waals surface area contributed by atoms with Crippen molar-refractivity contribution in [3.8, 4) is 10.6 Å². The van der Waals surface area contributed by atoms with E-state index in [4.69, 9.17) is 5.73 Å². The number of nitrogens with one attached hydrogen (secondary N) is 1. The number of nitrogens with zero attached hydrogens (tertiary/aromatic N) is 2. The van der Waals surface area contributed by atoms with Gasteiger partial charge in [0.1, 0.15) is 15.8 Å². The van der Waals surface area contributed by atoms with Gasteiger partial charge in [-0.15, -0.1) is 0 Å². The smallest absolute Gasteiger partial charge is 0.242 e. The van der Waals surface area contributed by atoms with Crippen LogP contribution in [0.15, 0.2) is 42.6 Å². The Hall–Kier alpha value is -2.64. The number of aromatic nitrogens is 2. The number of carbonyl (C=O) groups is 1. The summed E-state index contributed by atoms with van der Waals surface area (Å²) in [5.41, 5.74) is 9.40. The van der Waals surface area contributed by atoms with Crippen LogP contribution >= 0.6 is 11.3 Å². The summed E-state index contributed by atoms with van der Waals surface area (Å²) < 4.78 is 13.0. The number of thiazole rings is 1. The molecule has 0 aliphatic carbocycles. The summed E-state index contributed by atoms with van der Waals surface area (Å²) in [7, 11) is 0. The topological polar surface area (TPSA) is 80.9 Å². The van der Waals surface area contributed by atoms with Crippen LogP contribution in [-0.2, 0) is 11.2 Å². The molecule has 1 unspecified atom stereocenters.